The van der Waals surface area contributed by atoms with Gasteiger partial charge in [0.05, 0.1) is 17.1 Å². The lowest BCUT2D eigenvalue weighted by atomic mass is 10.2. The minimum absolute atomic E-state index is 0.0213. The minimum Gasteiger partial charge on any atom is -0.462 e. The van der Waals surface area contributed by atoms with Crippen LogP contribution in [0.4, 0.5) is 5.69 Å². The molecular weight excluding hydrogens is 266 g/mol. The largest absolute Gasteiger partial charge is 0.462 e. The van der Waals surface area contributed by atoms with Gasteiger partial charge in [-0.25, -0.2) is 13.2 Å². The zero-order chi connectivity index (χ0) is 14.5. The molecule has 0 heterocycles. The van der Waals surface area contributed by atoms with E-state index in [-0.39, 0.29) is 16.1 Å². The van der Waals surface area contributed by atoms with Gasteiger partial charge in [-0.15, -0.1) is 0 Å². The lowest BCUT2D eigenvalue weighted by Crippen LogP contribution is -2.09. The highest BCUT2D eigenvalue weighted by Gasteiger charge is 2.14. The number of carbonyl (C=O) groups is 1. The zero-order valence-electron chi connectivity index (χ0n) is 11.2. The Labute approximate surface area is 113 Å². The number of hydrogen-bond donors (Lipinski definition) is 1. The average Bonchev–Trinajstić information content (AvgIpc) is 2.32. The van der Waals surface area contributed by atoms with Gasteiger partial charge >= 0.3 is 5.97 Å². The third-order valence-corrected chi connectivity index (χ3v) is 3.67. The molecule has 0 saturated heterocycles. The smallest absolute Gasteiger partial charge is 0.338 e. The molecule has 0 aromatic heterocycles. The molecule has 1 aromatic carbocycles. The first-order valence-electron chi connectivity index (χ1n) is 6.12. The summed E-state index contributed by atoms with van der Waals surface area (Å²) >= 11 is 0. The summed E-state index contributed by atoms with van der Waals surface area (Å²) in [7, 11) is -3.40. The van der Waals surface area contributed by atoms with E-state index in [2.05, 4.69) is 6.92 Å². The lowest BCUT2D eigenvalue weighted by Gasteiger charge is -2.07. The molecule has 6 heteroatoms. The van der Waals surface area contributed by atoms with E-state index in [9.17, 15) is 13.2 Å². The molecule has 0 aliphatic rings. The second-order valence-electron chi connectivity index (χ2n) is 4.41. The number of nitrogens with two attached hydrogens (primary N) is 1. The maximum absolute atomic E-state index is 11.8. The molecule has 0 aliphatic carbocycles. The van der Waals surface area contributed by atoms with E-state index >= 15 is 0 Å². The Hall–Kier alpha value is -1.56. The Morgan fingerprint density at radius 2 is 1.95 bits per heavy atom. The number of rotatable bonds is 6. The van der Waals surface area contributed by atoms with Crippen LogP contribution in [0.25, 0.3) is 0 Å². The van der Waals surface area contributed by atoms with Crippen molar-refractivity contribution in [2.75, 3.05) is 18.6 Å². The number of ether oxygens (including phenoxy) is 1. The number of hydrogen-bond acceptors (Lipinski definition) is 5. The van der Waals surface area contributed by atoms with Crippen molar-refractivity contribution in [3.05, 3.63) is 23.8 Å². The summed E-state index contributed by atoms with van der Waals surface area (Å²) < 4.78 is 28.0. The molecule has 1 aromatic rings. The van der Waals surface area contributed by atoms with Crippen molar-refractivity contribution >= 4 is 21.5 Å². The van der Waals surface area contributed by atoms with Crippen molar-refractivity contribution in [2.24, 2.45) is 0 Å². The Bertz CT molecular complexity index is 552. The van der Waals surface area contributed by atoms with Gasteiger partial charge in [-0.3, -0.25) is 0 Å². The number of anilines is 1. The lowest BCUT2D eigenvalue weighted by molar-refractivity contribution is 0.0498. The maximum atomic E-state index is 11.8. The molecule has 0 fully saturated rings. The summed E-state index contributed by atoms with van der Waals surface area (Å²) in [6, 6.07) is 4.02. The Morgan fingerprint density at radius 1 is 1.26 bits per heavy atom. The van der Waals surface area contributed by atoms with Crippen LogP contribution in [-0.4, -0.2) is 27.2 Å². The monoisotopic (exact) mass is 285 g/mol. The summed E-state index contributed by atoms with van der Waals surface area (Å²) in [5.41, 5.74) is 5.99. The van der Waals surface area contributed by atoms with E-state index in [0.29, 0.717) is 6.61 Å². The van der Waals surface area contributed by atoms with Gasteiger partial charge in [0.15, 0.2) is 9.84 Å². The molecule has 0 spiro atoms. The van der Waals surface area contributed by atoms with Crippen molar-refractivity contribution < 1.29 is 17.9 Å². The average molecular weight is 285 g/mol. The van der Waals surface area contributed by atoms with Crippen LogP contribution in [0, 0.1) is 0 Å². The summed E-state index contributed by atoms with van der Waals surface area (Å²) in [5, 5.41) is 0. The van der Waals surface area contributed by atoms with Crippen molar-refractivity contribution in [3.8, 4) is 0 Å². The molecule has 0 amide bonds. The predicted octanol–water partition coefficient (Wildman–Crippen LogP) is 2.02. The highest BCUT2D eigenvalue weighted by Crippen LogP contribution is 2.17. The van der Waals surface area contributed by atoms with Crippen molar-refractivity contribution in [2.45, 2.75) is 31.1 Å². The fourth-order valence-electron chi connectivity index (χ4n) is 1.55. The van der Waals surface area contributed by atoms with Crippen molar-refractivity contribution in [3.63, 3.8) is 0 Å². The maximum Gasteiger partial charge on any atom is 0.338 e. The van der Waals surface area contributed by atoms with Gasteiger partial charge in [-0.1, -0.05) is 19.8 Å². The molecular formula is C13H19NO4S. The van der Waals surface area contributed by atoms with Gasteiger partial charge in [0.2, 0.25) is 0 Å². The van der Waals surface area contributed by atoms with Crippen LogP contribution in [-0.2, 0) is 14.6 Å². The molecule has 0 atom stereocenters. The van der Waals surface area contributed by atoms with E-state index in [4.69, 9.17) is 10.5 Å². The zero-order valence-corrected chi connectivity index (χ0v) is 12.0. The molecule has 106 valence electrons. The molecule has 0 unspecified atom stereocenters. The first-order chi connectivity index (χ1) is 8.84. The third-order valence-electron chi connectivity index (χ3n) is 2.57. The molecule has 1 rings (SSSR count). The van der Waals surface area contributed by atoms with Gasteiger partial charge < -0.3 is 10.5 Å². The van der Waals surface area contributed by atoms with Gasteiger partial charge in [-0.05, 0) is 24.6 Å². The molecule has 0 saturated carbocycles. The number of nitrogen functional groups attached to an aromatic ring is 1. The van der Waals surface area contributed by atoms with Crippen LogP contribution >= 0.6 is 0 Å². The predicted molar refractivity (Wildman–Crippen MR) is 73.8 cm³/mol. The fraction of sp³-hybridized carbons (Fsp3) is 0.462. The fourth-order valence-corrected chi connectivity index (χ4v) is 2.25. The van der Waals surface area contributed by atoms with E-state index in [1.807, 2.05) is 0 Å². The number of esters is 1. The summed E-state index contributed by atoms with van der Waals surface area (Å²) in [5.74, 6) is -0.548. The Balaban J connectivity index is 2.83. The van der Waals surface area contributed by atoms with Crippen LogP contribution in [0.3, 0.4) is 0 Å². The second kappa shape index (κ2) is 6.56. The second-order valence-corrected chi connectivity index (χ2v) is 6.42. The first kappa shape index (κ1) is 15.5. The topological polar surface area (TPSA) is 86.5 Å². The highest BCUT2D eigenvalue weighted by atomic mass is 32.2. The van der Waals surface area contributed by atoms with E-state index in [1.54, 1.807) is 0 Å². The summed E-state index contributed by atoms with van der Waals surface area (Å²) in [6.45, 7) is 2.38. The molecule has 0 radical (unpaired) electrons. The van der Waals surface area contributed by atoms with Crippen LogP contribution in [0.5, 0.6) is 0 Å². The molecule has 5 nitrogen and oxygen atoms in total. The number of unbranched alkanes of at least 4 members (excludes halogenated alkanes) is 2. The quantitative estimate of drug-likeness (QED) is 0.491. The standard InChI is InChI=1S/C13H19NO4S/c1-3-4-5-6-18-13(15)10-7-11(14)9-12(8-10)19(2,16)17/h7-9H,3-6,14H2,1-2H3. The Morgan fingerprint density at radius 3 is 2.53 bits per heavy atom. The molecule has 0 bridgehead atoms. The number of carbonyl (C=O) groups excluding carboxylic acids is 1. The van der Waals surface area contributed by atoms with Crippen LogP contribution < -0.4 is 5.73 Å². The molecule has 19 heavy (non-hydrogen) atoms. The normalized spacial score (nSPS) is 11.3. The number of sulfone groups is 1. The van der Waals surface area contributed by atoms with Gasteiger partial charge in [0, 0.05) is 11.9 Å². The van der Waals surface area contributed by atoms with Gasteiger partial charge in [-0.2, -0.15) is 0 Å². The molecule has 0 aliphatic heterocycles. The van der Waals surface area contributed by atoms with E-state index in [0.717, 1.165) is 25.5 Å². The molecule has 2 N–H and O–H groups in total. The van der Waals surface area contributed by atoms with Crippen LogP contribution in [0.2, 0.25) is 0 Å². The van der Waals surface area contributed by atoms with E-state index in [1.165, 1.54) is 18.2 Å². The van der Waals surface area contributed by atoms with Crippen LogP contribution in [0.15, 0.2) is 23.1 Å². The van der Waals surface area contributed by atoms with E-state index < -0.39 is 15.8 Å². The summed E-state index contributed by atoms with van der Waals surface area (Å²) in [6.07, 6.45) is 3.88. The Kier molecular flexibility index (Phi) is 5.35. The van der Waals surface area contributed by atoms with Crippen molar-refractivity contribution in [1.29, 1.82) is 0 Å². The highest BCUT2D eigenvalue weighted by molar-refractivity contribution is 7.90. The van der Waals surface area contributed by atoms with Gasteiger partial charge in [0.25, 0.3) is 0 Å². The van der Waals surface area contributed by atoms with Gasteiger partial charge in [0.1, 0.15) is 0 Å². The number of benzene rings is 1. The summed E-state index contributed by atoms with van der Waals surface area (Å²) in [4.78, 5) is 11.8. The SMILES string of the molecule is CCCCCOC(=O)c1cc(N)cc(S(C)(=O)=O)c1. The van der Waals surface area contributed by atoms with Crippen LogP contribution in [0.1, 0.15) is 36.5 Å². The first-order valence-corrected chi connectivity index (χ1v) is 8.01. The third kappa shape index (κ3) is 4.90. The van der Waals surface area contributed by atoms with Crippen molar-refractivity contribution in [1.82, 2.24) is 0 Å². The minimum atomic E-state index is -3.40.